The van der Waals surface area contributed by atoms with Crippen molar-refractivity contribution in [3.63, 3.8) is 0 Å². The summed E-state index contributed by atoms with van der Waals surface area (Å²) in [6.07, 6.45) is 0.809. The van der Waals surface area contributed by atoms with E-state index >= 15 is 0 Å². The van der Waals surface area contributed by atoms with Gasteiger partial charge in [-0.25, -0.2) is 13.1 Å². The van der Waals surface area contributed by atoms with Crippen LogP contribution in [0.2, 0.25) is 0 Å². The van der Waals surface area contributed by atoms with E-state index in [1.165, 1.54) is 5.56 Å². The van der Waals surface area contributed by atoms with Crippen molar-refractivity contribution in [2.45, 2.75) is 19.9 Å². The summed E-state index contributed by atoms with van der Waals surface area (Å²) >= 11 is 0. The number of nitrogens with zero attached hydrogens (tertiary/aromatic N) is 1. The van der Waals surface area contributed by atoms with Gasteiger partial charge in [-0.1, -0.05) is 37.3 Å². The van der Waals surface area contributed by atoms with Gasteiger partial charge in [-0.3, -0.25) is 0 Å². The number of rotatable bonds is 11. The lowest BCUT2D eigenvalue weighted by Crippen LogP contribution is -2.33. The molecule has 0 atom stereocenters. The molecule has 0 amide bonds. The van der Waals surface area contributed by atoms with Gasteiger partial charge in [0.25, 0.3) is 0 Å². The molecular weight excluding hydrogens is 286 g/mol. The molecule has 0 spiro atoms. The number of nitrogens with one attached hydrogen (secondary N) is 2. The highest BCUT2D eigenvalue weighted by Crippen LogP contribution is 2.02. The summed E-state index contributed by atoms with van der Waals surface area (Å²) in [4.78, 5) is 2.20. The molecule has 0 aromatic heterocycles. The summed E-state index contributed by atoms with van der Waals surface area (Å²) < 4.78 is 26.0. The molecule has 2 N–H and O–H groups in total. The van der Waals surface area contributed by atoms with E-state index in [9.17, 15) is 8.42 Å². The van der Waals surface area contributed by atoms with Crippen molar-refractivity contribution in [1.29, 1.82) is 0 Å². The normalized spacial score (nSPS) is 12.0. The maximum Gasteiger partial charge on any atom is 0.212 e. The predicted molar refractivity (Wildman–Crippen MR) is 87.7 cm³/mol. The molecule has 0 aliphatic heterocycles. The molecular formula is C15H27N3O2S. The fourth-order valence-corrected chi connectivity index (χ4v) is 3.02. The summed E-state index contributed by atoms with van der Waals surface area (Å²) in [5.41, 5.74) is 1.27. The Balaban J connectivity index is 2.15. The quantitative estimate of drug-likeness (QED) is 0.599. The highest BCUT2D eigenvalue weighted by atomic mass is 32.2. The number of hydrogen-bond acceptors (Lipinski definition) is 4. The van der Waals surface area contributed by atoms with E-state index in [0.29, 0.717) is 13.1 Å². The van der Waals surface area contributed by atoms with E-state index in [0.717, 1.165) is 26.1 Å². The molecule has 0 aliphatic carbocycles. The molecule has 1 aromatic rings. The van der Waals surface area contributed by atoms with Gasteiger partial charge in [-0.05, 0) is 32.1 Å². The Kier molecular flexibility index (Phi) is 8.52. The maximum atomic E-state index is 11.7. The number of hydrogen-bond donors (Lipinski definition) is 2. The monoisotopic (exact) mass is 313 g/mol. The van der Waals surface area contributed by atoms with Crippen LogP contribution in [0.4, 0.5) is 0 Å². The molecule has 0 bridgehead atoms. The van der Waals surface area contributed by atoms with E-state index in [1.807, 2.05) is 32.2 Å². The third-order valence-electron chi connectivity index (χ3n) is 3.13. The first-order valence-electron chi connectivity index (χ1n) is 7.44. The molecule has 120 valence electrons. The van der Waals surface area contributed by atoms with Crippen molar-refractivity contribution < 1.29 is 8.42 Å². The molecule has 5 nitrogen and oxygen atoms in total. The average Bonchev–Trinajstić information content (AvgIpc) is 2.45. The Morgan fingerprint density at radius 2 is 1.86 bits per heavy atom. The van der Waals surface area contributed by atoms with Gasteiger partial charge in [0.15, 0.2) is 0 Å². The Bertz CT molecular complexity index is 477. The van der Waals surface area contributed by atoms with Crippen LogP contribution in [-0.2, 0) is 16.6 Å². The van der Waals surface area contributed by atoms with Crippen LogP contribution in [0.1, 0.15) is 18.9 Å². The fraction of sp³-hybridized carbons (Fsp3) is 0.600. The Hall–Kier alpha value is -0.950. The molecule has 21 heavy (non-hydrogen) atoms. The van der Waals surface area contributed by atoms with Crippen LogP contribution in [0.3, 0.4) is 0 Å². The molecule has 1 rings (SSSR count). The van der Waals surface area contributed by atoms with E-state index in [4.69, 9.17) is 0 Å². The summed E-state index contributed by atoms with van der Waals surface area (Å²) in [5.74, 6) is 0.140. The molecule has 0 aliphatic rings. The number of sulfonamides is 1. The summed E-state index contributed by atoms with van der Waals surface area (Å²) in [6.45, 7) is 5.49. The standard InChI is InChI=1S/C15H27N3O2S/c1-3-16-11-13-21(19,20)17-10-7-12-18(2)14-15-8-5-4-6-9-15/h4-6,8-9,16-17H,3,7,10-14H2,1-2H3. The zero-order valence-electron chi connectivity index (χ0n) is 13.0. The van der Waals surface area contributed by atoms with E-state index in [1.54, 1.807) is 0 Å². The molecule has 0 heterocycles. The molecule has 0 saturated heterocycles. The van der Waals surface area contributed by atoms with Gasteiger partial charge in [0.05, 0.1) is 5.75 Å². The predicted octanol–water partition coefficient (Wildman–Crippen LogP) is 1.04. The van der Waals surface area contributed by atoms with Crippen molar-refractivity contribution in [3.8, 4) is 0 Å². The Morgan fingerprint density at radius 3 is 2.52 bits per heavy atom. The molecule has 0 saturated carbocycles. The van der Waals surface area contributed by atoms with Crippen molar-refractivity contribution in [3.05, 3.63) is 35.9 Å². The van der Waals surface area contributed by atoms with Crippen molar-refractivity contribution in [1.82, 2.24) is 14.9 Å². The van der Waals surface area contributed by atoms with Gasteiger partial charge in [0.2, 0.25) is 10.0 Å². The van der Waals surface area contributed by atoms with Gasteiger partial charge in [0, 0.05) is 19.6 Å². The lowest BCUT2D eigenvalue weighted by Gasteiger charge is -2.16. The van der Waals surface area contributed by atoms with E-state index in [-0.39, 0.29) is 5.75 Å². The van der Waals surface area contributed by atoms with Crippen molar-refractivity contribution in [2.24, 2.45) is 0 Å². The van der Waals surface area contributed by atoms with Crippen LogP contribution in [0, 0.1) is 0 Å². The number of benzene rings is 1. The zero-order chi connectivity index (χ0) is 15.6. The minimum Gasteiger partial charge on any atom is -0.316 e. The fourth-order valence-electron chi connectivity index (χ4n) is 2.01. The third kappa shape index (κ3) is 8.83. The van der Waals surface area contributed by atoms with Crippen LogP contribution in [0.5, 0.6) is 0 Å². The molecule has 0 radical (unpaired) electrons. The SMILES string of the molecule is CCNCCS(=O)(=O)NCCCN(C)Cc1ccccc1. The first kappa shape index (κ1) is 18.1. The smallest absolute Gasteiger partial charge is 0.212 e. The topological polar surface area (TPSA) is 61.4 Å². The van der Waals surface area contributed by atoms with E-state index < -0.39 is 10.0 Å². The first-order chi connectivity index (χ1) is 10.0. The van der Waals surface area contributed by atoms with Crippen LogP contribution >= 0.6 is 0 Å². The molecule has 6 heteroatoms. The molecule has 0 unspecified atom stereocenters. The lowest BCUT2D eigenvalue weighted by molar-refractivity contribution is 0.322. The average molecular weight is 313 g/mol. The van der Waals surface area contributed by atoms with E-state index in [2.05, 4.69) is 27.1 Å². The third-order valence-corrected chi connectivity index (χ3v) is 4.52. The second-order valence-corrected chi connectivity index (χ2v) is 7.07. The minimum atomic E-state index is -3.14. The molecule has 0 fully saturated rings. The second-order valence-electron chi connectivity index (χ2n) is 5.14. The Labute approximate surface area is 128 Å². The maximum absolute atomic E-state index is 11.7. The van der Waals surface area contributed by atoms with Crippen LogP contribution in [0.15, 0.2) is 30.3 Å². The van der Waals surface area contributed by atoms with Gasteiger partial charge >= 0.3 is 0 Å². The van der Waals surface area contributed by atoms with Crippen molar-refractivity contribution >= 4 is 10.0 Å². The lowest BCUT2D eigenvalue weighted by atomic mass is 10.2. The van der Waals surface area contributed by atoms with Crippen molar-refractivity contribution in [2.75, 3.05) is 39.0 Å². The molecule has 1 aromatic carbocycles. The largest absolute Gasteiger partial charge is 0.316 e. The van der Waals surface area contributed by atoms with Gasteiger partial charge in [0.1, 0.15) is 0 Å². The summed E-state index contributed by atoms with van der Waals surface area (Å²) in [6, 6.07) is 10.3. The van der Waals surface area contributed by atoms with Crippen LogP contribution in [-0.4, -0.2) is 52.3 Å². The minimum absolute atomic E-state index is 0.140. The van der Waals surface area contributed by atoms with Gasteiger partial charge < -0.3 is 10.2 Å². The highest BCUT2D eigenvalue weighted by Gasteiger charge is 2.08. The van der Waals surface area contributed by atoms with Crippen LogP contribution < -0.4 is 10.0 Å². The Morgan fingerprint density at radius 1 is 1.14 bits per heavy atom. The summed E-state index contributed by atoms with van der Waals surface area (Å²) in [7, 11) is -1.09. The van der Waals surface area contributed by atoms with Gasteiger partial charge in [-0.15, -0.1) is 0 Å². The summed E-state index contributed by atoms with van der Waals surface area (Å²) in [5, 5.41) is 3.01. The van der Waals surface area contributed by atoms with Crippen LogP contribution in [0.25, 0.3) is 0 Å². The zero-order valence-corrected chi connectivity index (χ0v) is 13.8. The second kappa shape index (κ2) is 9.89. The highest BCUT2D eigenvalue weighted by molar-refractivity contribution is 7.89. The van der Waals surface area contributed by atoms with Gasteiger partial charge in [-0.2, -0.15) is 0 Å². The first-order valence-corrected chi connectivity index (χ1v) is 9.09.